The van der Waals surface area contributed by atoms with Crippen molar-refractivity contribution >= 4 is 15.8 Å². The van der Waals surface area contributed by atoms with Gasteiger partial charge in [-0.2, -0.15) is 13.2 Å². The average Bonchev–Trinajstić information content (AvgIpc) is 2.59. The number of carboxylic acids is 1. The molecule has 29 heavy (non-hydrogen) atoms. The zero-order chi connectivity index (χ0) is 22.1. The minimum absolute atomic E-state index is 0.468. The molecule has 0 spiro atoms. The highest BCUT2D eigenvalue weighted by Crippen LogP contribution is 2.40. The number of benzene rings is 1. The van der Waals surface area contributed by atoms with Crippen molar-refractivity contribution < 1.29 is 40.3 Å². The minimum Gasteiger partial charge on any atom is -0.478 e. The maximum atomic E-state index is 13.7. The fraction of sp³-hybridized carbons (Fsp3) is 0.333. The highest BCUT2D eigenvalue weighted by molar-refractivity contribution is 7.91. The van der Waals surface area contributed by atoms with Crippen LogP contribution >= 0.6 is 0 Å². The summed E-state index contributed by atoms with van der Waals surface area (Å²) in [5.74, 6) is -2.64. The number of aromatic carboxylic acids is 1. The van der Waals surface area contributed by atoms with E-state index in [1.807, 2.05) is 0 Å². The Hall–Kier alpha value is -2.56. The lowest BCUT2D eigenvalue weighted by Gasteiger charge is -2.21. The average molecular weight is 437 g/mol. The number of hydrogen-bond donors (Lipinski definition) is 1. The molecule has 0 radical (unpaired) electrons. The first-order chi connectivity index (χ1) is 13.3. The van der Waals surface area contributed by atoms with Crippen LogP contribution in [0.1, 0.15) is 47.6 Å². The molecule has 0 aliphatic carbocycles. The van der Waals surface area contributed by atoms with Gasteiger partial charge in [0, 0.05) is 0 Å². The van der Waals surface area contributed by atoms with E-state index in [2.05, 4.69) is 4.98 Å². The summed E-state index contributed by atoms with van der Waals surface area (Å²) in [5, 5.41) is 9.39. The van der Waals surface area contributed by atoms with E-state index in [4.69, 9.17) is 0 Å². The minimum atomic E-state index is -5.38. The zero-order valence-electron chi connectivity index (χ0n) is 15.2. The topological polar surface area (TPSA) is 84.3 Å². The highest BCUT2D eigenvalue weighted by atomic mass is 32.2. The van der Waals surface area contributed by atoms with Gasteiger partial charge in [-0.3, -0.25) is 0 Å². The number of aromatic nitrogens is 1. The normalized spacial score (nSPS) is 12.6. The van der Waals surface area contributed by atoms with E-state index in [1.54, 1.807) is 0 Å². The van der Waals surface area contributed by atoms with Gasteiger partial charge in [0.15, 0.2) is 5.69 Å². The van der Waals surface area contributed by atoms with Gasteiger partial charge in [0.05, 0.1) is 10.5 Å². The second-order valence-electron chi connectivity index (χ2n) is 6.55. The maximum absolute atomic E-state index is 13.7. The van der Waals surface area contributed by atoms with Crippen molar-refractivity contribution in [3.05, 3.63) is 52.8 Å². The molecule has 2 rings (SSSR count). The Kier molecular flexibility index (Phi) is 6.31. The number of hydrogen-bond acceptors (Lipinski definition) is 4. The summed E-state index contributed by atoms with van der Waals surface area (Å²) in [7, 11) is -4.78. The van der Waals surface area contributed by atoms with E-state index in [0.717, 1.165) is 12.1 Å². The molecule has 0 saturated carbocycles. The van der Waals surface area contributed by atoms with Crippen LogP contribution in [-0.4, -0.2) is 24.5 Å². The molecule has 1 N–H and O–H groups in total. The lowest BCUT2D eigenvalue weighted by atomic mass is 9.96. The molecular weight excluding hydrogens is 421 g/mol. The Labute approximate surface area is 163 Å². The van der Waals surface area contributed by atoms with Crippen molar-refractivity contribution in [3.8, 4) is 0 Å². The Morgan fingerprint density at radius 3 is 2.10 bits per heavy atom. The van der Waals surface area contributed by atoms with Crippen LogP contribution in [0.15, 0.2) is 40.1 Å². The number of carbonyl (C=O) groups is 1. The molecule has 5 nitrogen and oxygen atoms in total. The molecule has 1 aromatic heterocycles. The first-order valence-corrected chi connectivity index (χ1v) is 9.72. The van der Waals surface area contributed by atoms with Crippen LogP contribution in [0.25, 0.3) is 0 Å². The molecule has 0 aliphatic rings. The number of rotatable bonds is 6. The lowest BCUT2D eigenvalue weighted by molar-refractivity contribution is -0.142. The zero-order valence-corrected chi connectivity index (χ0v) is 16.0. The first-order valence-electron chi connectivity index (χ1n) is 8.24. The van der Waals surface area contributed by atoms with E-state index in [9.17, 15) is 40.3 Å². The fourth-order valence-corrected chi connectivity index (χ4v) is 4.51. The maximum Gasteiger partial charge on any atom is 0.434 e. The molecule has 0 aliphatic heterocycles. The summed E-state index contributed by atoms with van der Waals surface area (Å²) >= 11 is 0. The van der Waals surface area contributed by atoms with E-state index in [1.165, 1.54) is 32.0 Å². The summed E-state index contributed by atoms with van der Waals surface area (Å²) in [6.07, 6.45) is -9.55. The molecule has 0 fully saturated rings. The van der Waals surface area contributed by atoms with Gasteiger partial charge in [-0.05, 0) is 30.0 Å². The van der Waals surface area contributed by atoms with Crippen molar-refractivity contribution in [1.82, 2.24) is 4.98 Å². The Morgan fingerprint density at radius 1 is 1.14 bits per heavy atom. The van der Waals surface area contributed by atoms with Gasteiger partial charge >= 0.3 is 12.1 Å². The van der Waals surface area contributed by atoms with Crippen molar-refractivity contribution in [3.63, 3.8) is 0 Å². The van der Waals surface area contributed by atoms with Crippen LogP contribution < -0.4 is 0 Å². The van der Waals surface area contributed by atoms with Crippen molar-refractivity contribution in [2.24, 2.45) is 5.92 Å². The molecular formula is C18H16F5NO4S. The number of pyridine rings is 1. The Morgan fingerprint density at radius 2 is 1.69 bits per heavy atom. The molecule has 0 unspecified atom stereocenters. The van der Waals surface area contributed by atoms with Gasteiger partial charge in [-0.25, -0.2) is 27.0 Å². The molecule has 1 heterocycles. The second-order valence-corrected chi connectivity index (χ2v) is 8.43. The standard InChI is InChI=1S/C18H16F5NO4S/c1-9(2)8-11-12(17(25)26)15(18(21,22)23)24-13(16(19)20)14(11)29(27,28)10-6-4-3-5-7-10/h3-7,9,16H,8H2,1-2H3,(H,25,26). The SMILES string of the molecule is CC(C)Cc1c(C(=O)O)c(C(F)(F)F)nc(C(F)F)c1S(=O)(=O)c1ccccc1. The Balaban J connectivity index is 3.10. The smallest absolute Gasteiger partial charge is 0.434 e. The van der Waals surface area contributed by atoms with Crippen LogP contribution in [-0.2, 0) is 22.4 Å². The summed E-state index contributed by atoms with van der Waals surface area (Å²) in [5.41, 5.74) is -5.95. The number of nitrogens with zero attached hydrogens (tertiary/aromatic N) is 1. The largest absolute Gasteiger partial charge is 0.478 e. The number of alkyl halides is 5. The molecule has 0 amide bonds. The van der Waals surface area contributed by atoms with Crippen molar-refractivity contribution in [2.75, 3.05) is 0 Å². The monoisotopic (exact) mass is 437 g/mol. The van der Waals surface area contributed by atoms with Gasteiger partial charge in [0.2, 0.25) is 9.84 Å². The van der Waals surface area contributed by atoms with Gasteiger partial charge in [-0.1, -0.05) is 32.0 Å². The Bertz CT molecular complexity index is 1020. The molecule has 1 aromatic carbocycles. The molecule has 2 aromatic rings. The quantitative estimate of drug-likeness (QED) is 0.659. The third-order valence-corrected chi connectivity index (χ3v) is 5.79. The van der Waals surface area contributed by atoms with Crippen LogP contribution in [0.4, 0.5) is 22.0 Å². The van der Waals surface area contributed by atoms with Crippen LogP contribution in [0.5, 0.6) is 0 Å². The summed E-state index contributed by atoms with van der Waals surface area (Å²) in [4.78, 5) is 12.8. The van der Waals surface area contributed by atoms with Crippen LogP contribution in [0.2, 0.25) is 0 Å². The van der Waals surface area contributed by atoms with E-state index in [0.29, 0.717) is 0 Å². The lowest BCUT2D eigenvalue weighted by Crippen LogP contribution is -2.24. The van der Waals surface area contributed by atoms with Gasteiger partial charge in [0.1, 0.15) is 10.6 Å². The third kappa shape index (κ3) is 4.55. The predicted molar refractivity (Wildman–Crippen MR) is 91.6 cm³/mol. The van der Waals surface area contributed by atoms with Crippen molar-refractivity contribution in [2.45, 2.75) is 42.7 Å². The van der Waals surface area contributed by atoms with E-state index in [-0.39, 0.29) is 0 Å². The first kappa shape index (κ1) is 22.7. The number of carboxylic acid groups (broad SMARTS) is 1. The highest BCUT2D eigenvalue weighted by Gasteiger charge is 2.43. The third-order valence-electron chi connectivity index (χ3n) is 3.90. The number of sulfone groups is 1. The molecule has 158 valence electrons. The second kappa shape index (κ2) is 8.05. The summed E-state index contributed by atoms with van der Waals surface area (Å²) in [6.45, 7) is 2.97. The van der Waals surface area contributed by atoms with Crippen LogP contribution in [0.3, 0.4) is 0 Å². The van der Waals surface area contributed by atoms with Crippen molar-refractivity contribution in [1.29, 1.82) is 0 Å². The fourth-order valence-electron chi connectivity index (χ4n) is 2.84. The van der Waals surface area contributed by atoms with Gasteiger partial charge in [-0.15, -0.1) is 0 Å². The predicted octanol–water partition coefficient (Wildman–Crippen LogP) is 4.77. The molecule has 0 atom stereocenters. The van der Waals surface area contributed by atoms with Crippen LogP contribution in [0, 0.1) is 5.92 Å². The summed E-state index contributed by atoms with van der Waals surface area (Å²) in [6, 6.07) is 6.19. The molecule has 0 saturated heterocycles. The van der Waals surface area contributed by atoms with Gasteiger partial charge in [0.25, 0.3) is 6.43 Å². The van der Waals surface area contributed by atoms with Gasteiger partial charge < -0.3 is 5.11 Å². The van der Waals surface area contributed by atoms with E-state index < -0.39 is 73.1 Å². The molecule has 11 heteroatoms. The molecule has 0 bridgehead atoms. The van der Waals surface area contributed by atoms with E-state index >= 15 is 0 Å². The summed E-state index contributed by atoms with van der Waals surface area (Å²) < 4.78 is 93.6. The number of halogens is 5.